The van der Waals surface area contributed by atoms with Gasteiger partial charge in [-0.05, 0) is 43.2 Å². The van der Waals surface area contributed by atoms with E-state index >= 15 is 0 Å². The molecule has 0 bridgehead atoms. The fourth-order valence-corrected chi connectivity index (χ4v) is 2.96. The zero-order chi connectivity index (χ0) is 21.7. The third-order valence-corrected chi connectivity index (χ3v) is 4.67. The first-order valence-electron chi connectivity index (χ1n) is 9.45. The largest absolute Gasteiger partial charge is 0.384 e. The van der Waals surface area contributed by atoms with Gasteiger partial charge in [0.2, 0.25) is 0 Å². The van der Waals surface area contributed by atoms with E-state index in [1.165, 1.54) is 18.5 Å². The highest BCUT2D eigenvalue weighted by atomic mass is 16.7. The third kappa shape index (κ3) is 4.45. The fourth-order valence-electron chi connectivity index (χ4n) is 2.96. The van der Waals surface area contributed by atoms with Crippen molar-refractivity contribution in [3.8, 4) is 23.1 Å². The number of nitrogen functional groups attached to an aromatic ring is 1. The number of amides is 1. The predicted molar refractivity (Wildman–Crippen MR) is 115 cm³/mol. The molecule has 0 saturated heterocycles. The summed E-state index contributed by atoms with van der Waals surface area (Å²) in [5.74, 6) is 6.55. The van der Waals surface area contributed by atoms with Gasteiger partial charge in [0.05, 0.1) is 24.1 Å². The number of pyridine rings is 1. The highest BCUT2D eigenvalue weighted by Crippen LogP contribution is 2.25. The van der Waals surface area contributed by atoms with Crippen LogP contribution in [0.2, 0.25) is 0 Å². The van der Waals surface area contributed by atoms with Crippen LogP contribution in [0.4, 0.5) is 5.82 Å². The average molecular weight is 401 g/mol. The second-order valence-corrected chi connectivity index (χ2v) is 6.63. The Morgan fingerprint density at radius 2 is 1.97 bits per heavy atom. The average Bonchev–Trinajstić information content (AvgIpc) is 2.77. The van der Waals surface area contributed by atoms with Crippen LogP contribution < -0.4 is 5.73 Å². The van der Waals surface area contributed by atoms with Crippen LogP contribution in [0.15, 0.2) is 42.9 Å². The number of hydrogen-bond acceptors (Lipinski definition) is 6. The van der Waals surface area contributed by atoms with Gasteiger partial charge in [-0.15, -0.1) is 0 Å². The van der Waals surface area contributed by atoms with Gasteiger partial charge in [-0.3, -0.25) is 9.63 Å². The fraction of sp³-hybridized carbons (Fsp3) is 0.217. The highest BCUT2D eigenvalue weighted by Gasteiger charge is 2.16. The Kier molecular flexibility index (Phi) is 6.40. The topological polar surface area (TPSA) is 94.2 Å². The second-order valence-electron chi connectivity index (χ2n) is 6.63. The van der Waals surface area contributed by atoms with E-state index in [1.54, 1.807) is 25.4 Å². The molecule has 2 aromatic heterocycles. The van der Waals surface area contributed by atoms with Gasteiger partial charge in [-0.2, -0.15) is 0 Å². The van der Waals surface area contributed by atoms with E-state index in [0.717, 1.165) is 33.6 Å². The van der Waals surface area contributed by atoms with Crippen molar-refractivity contribution in [3.05, 3.63) is 70.8 Å². The predicted octanol–water partition coefficient (Wildman–Crippen LogP) is 3.02. The summed E-state index contributed by atoms with van der Waals surface area (Å²) >= 11 is 0. The molecule has 1 aromatic carbocycles. The summed E-state index contributed by atoms with van der Waals surface area (Å²) in [6.07, 6.45) is 3.89. The second kappa shape index (κ2) is 9.16. The third-order valence-electron chi connectivity index (χ3n) is 4.67. The SMILES string of the molecule is CCc1ncnc(-c2ccc(C(=O)N(C)OC)c(C)c2)c1C#Cc1ccc(N)nc1. The number of rotatable bonds is 4. The monoisotopic (exact) mass is 401 g/mol. The summed E-state index contributed by atoms with van der Waals surface area (Å²) in [5, 5.41) is 1.19. The Morgan fingerprint density at radius 1 is 1.17 bits per heavy atom. The van der Waals surface area contributed by atoms with Crippen LogP contribution >= 0.6 is 0 Å². The molecule has 0 aliphatic carbocycles. The smallest absolute Gasteiger partial charge is 0.277 e. The van der Waals surface area contributed by atoms with Gasteiger partial charge in [-0.25, -0.2) is 20.0 Å². The minimum absolute atomic E-state index is 0.214. The minimum atomic E-state index is -0.214. The van der Waals surface area contributed by atoms with E-state index in [0.29, 0.717) is 17.8 Å². The Labute approximate surface area is 175 Å². The van der Waals surface area contributed by atoms with Crippen molar-refractivity contribution in [2.24, 2.45) is 0 Å². The Hall–Kier alpha value is -3.76. The van der Waals surface area contributed by atoms with Crippen LogP contribution in [0, 0.1) is 18.8 Å². The zero-order valence-corrected chi connectivity index (χ0v) is 17.4. The quantitative estimate of drug-likeness (QED) is 0.533. The Bertz CT molecular complexity index is 1130. The Morgan fingerprint density at radius 3 is 2.60 bits per heavy atom. The first-order chi connectivity index (χ1) is 14.4. The number of carbonyl (C=O) groups excluding carboxylic acids is 1. The molecular formula is C23H23N5O2. The number of hydroxylamine groups is 2. The van der Waals surface area contributed by atoms with E-state index in [1.807, 2.05) is 32.0 Å². The molecule has 0 unspecified atom stereocenters. The van der Waals surface area contributed by atoms with Crippen molar-refractivity contribution in [1.29, 1.82) is 0 Å². The highest BCUT2D eigenvalue weighted by molar-refractivity contribution is 5.95. The van der Waals surface area contributed by atoms with Crippen LogP contribution in [-0.2, 0) is 11.3 Å². The van der Waals surface area contributed by atoms with E-state index in [9.17, 15) is 4.79 Å². The minimum Gasteiger partial charge on any atom is -0.384 e. The first-order valence-corrected chi connectivity index (χ1v) is 9.45. The normalized spacial score (nSPS) is 10.3. The molecule has 2 N–H and O–H groups in total. The molecule has 7 heteroatoms. The van der Waals surface area contributed by atoms with Crippen molar-refractivity contribution in [3.63, 3.8) is 0 Å². The van der Waals surface area contributed by atoms with Crippen molar-refractivity contribution in [2.45, 2.75) is 20.3 Å². The number of aromatic nitrogens is 3. The summed E-state index contributed by atoms with van der Waals surface area (Å²) in [7, 11) is 3.03. The Balaban J connectivity index is 2.06. The molecule has 30 heavy (non-hydrogen) atoms. The summed E-state index contributed by atoms with van der Waals surface area (Å²) in [6, 6.07) is 9.10. The van der Waals surface area contributed by atoms with Gasteiger partial charge in [0.25, 0.3) is 5.91 Å². The van der Waals surface area contributed by atoms with E-state index in [-0.39, 0.29) is 5.91 Å². The number of aryl methyl sites for hydroxylation is 2. The van der Waals surface area contributed by atoms with Crippen molar-refractivity contribution >= 4 is 11.7 Å². The molecule has 0 fully saturated rings. The summed E-state index contributed by atoms with van der Waals surface area (Å²) in [4.78, 5) is 30.4. The van der Waals surface area contributed by atoms with Gasteiger partial charge < -0.3 is 5.73 Å². The molecule has 1 amide bonds. The molecular weight excluding hydrogens is 378 g/mol. The maximum atomic E-state index is 12.4. The molecule has 152 valence electrons. The molecule has 0 atom stereocenters. The molecule has 0 radical (unpaired) electrons. The number of anilines is 1. The lowest BCUT2D eigenvalue weighted by molar-refractivity contribution is -0.0757. The number of nitrogens with two attached hydrogens (primary N) is 1. The first kappa shape index (κ1) is 21.0. The number of nitrogens with zero attached hydrogens (tertiary/aromatic N) is 4. The van der Waals surface area contributed by atoms with Gasteiger partial charge in [-0.1, -0.05) is 24.8 Å². The molecule has 2 heterocycles. The van der Waals surface area contributed by atoms with E-state index in [2.05, 4.69) is 26.8 Å². The van der Waals surface area contributed by atoms with E-state index < -0.39 is 0 Å². The van der Waals surface area contributed by atoms with Crippen molar-refractivity contribution in [1.82, 2.24) is 20.0 Å². The summed E-state index contributed by atoms with van der Waals surface area (Å²) < 4.78 is 0. The molecule has 0 spiro atoms. The maximum Gasteiger partial charge on any atom is 0.277 e. The molecule has 7 nitrogen and oxygen atoms in total. The maximum absolute atomic E-state index is 12.4. The lowest BCUT2D eigenvalue weighted by atomic mass is 9.98. The molecule has 0 saturated carbocycles. The lowest BCUT2D eigenvalue weighted by Crippen LogP contribution is -2.26. The molecule has 0 aliphatic heterocycles. The van der Waals surface area contributed by atoms with Crippen molar-refractivity contribution in [2.75, 3.05) is 19.9 Å². The summed E-state index contributed by atoms with van der Waals surface area (Å²) in [6.45, 7) is 3.91. The van der Waals surface area contributed by atoms with Gasteiger partial charge in [0, 0.05) is 29.9 Å². The van der Waals surface area contributed by atoms with Gasteiger partial charge in [0.15, 0.2) is 0 Å². The van der Waals surface area contributed by atoms with Gasteiger partial charge in [0.1, 0.15) is 12.1 Å². The van der Waals surface area contributed by atoms with Crippen LogP contribution in [-0.4, -0.2) is 40.1 Å². The molecule has 3 aromatic rings. The lowest BCUT2D eigenvalue weighted by Gasteiger charge is -2.16. The molecule has 3 rings (SSSR count). The number of carbonyl (C=O) groups is 1. The standard InChI is InChI=1S/C23H23N5O2/c1-5-20-19(9-6-16-7-11-21(24)25-13-16)22(27-14-26-20)17-8-10-18(15(2)12-17)23(29)28(3)30-4/h7-8,10-14H,5H2,1-4H3,(H2,24,25). The van der Waals surface area contributed by atoms with Crippen LogP contribution in [0.5, 0.6) is 0 Å². The zero-order valence-electron chi connectivity index (χ0n) is 17.4. The molecule has 0 aliphatic rings. The summed E-state index contributed by atoms with van der Waals surface area (Å²) in [5.41, 5.74) is 11.0. The number of hydrogen-bond donors (Lipinski definition) is 1. The van der Waals surface area contributed by atoms with Crippen molar-refractivity contribution < 1.29 is 9.63 Å². The van der Waals surface area contributed by atoms with Crippen LogP contribution in [0.25, 0.3) is 11.3 Å². The van der Waals surface area contributed by atoms with E-state index in [4.69, 9.17) is 10.6 Å². The van der Waals surface area contributed by atoms with Gasteiger partial charge >= 0.3 is 0 Å². The van der Waals surface area contributed by atoms with Crippen LogP contribution in [0.1, 0.15) is 39.7 Å². The van der Waals surface area contributed by atoms with Crippen LogP contribution in [0.3, 0.4) is 0 Å². The number of benzene rings is 1.